The fourth-order valence-electron chi connectivity index (χ4n) is 4.33. The van der Waals surface area contributed by atoms with E-state index in [1.165, 1.54) is 19.1 Å². The monoisotopic (exact) mass is 551 g/mol. The van der Waals surface area contributed by atoms with Crippen molar-refractivity contribution < 1.29 is 29.4 Å². The number of nitrogens with one attached hydrogen (secondary N) is 4. The van der Waals surface area contributed by atoms with Gasteiger partial charge in [0, 0.05) is 23.5 Å². The zero-order chi connectivity index (χ0) is 29.4. The first-order valence-corrected chi connectivity index (χ1v) is 13.2. The molecule has 3 amide bonds. The van der Waals surface area contributed by atoms with Crippen LogP contribution in [0.4, 0.5) is 0 Å². The van der Waals surface area contributed by atoms with Crippen LogP contribution in [-0.4, -0.2) is 63.1 Å². The first-order chi connectivity index (χ1) is 19.0. The SMILES string of the molecule is CCC(C)C(NC(=O)C(C)NC(=O)C(Cc1c[nH]c2ccccc12)NC(=O)C(N)Cc1ccc(O)cc1)C(=O)O. The Morgan fingerprint density at radius 3 is 2.23 bits per heavy atom. The molecule has 0 fully saturated rings. The van der Waals surface area contributed by atoms with Crippen LogP contribution in [0.5, 0.6) is 5.75 Å². The predicted octanol–water partition coefficient (Wildman–Crippen LogP) is 1.59. The summed E-state index contributed by atoms with van der Waals surface area (Å²) in [7, 11) is 0. The Bertz CT molecular complexity index is 1340. The van der Waals surface area contributed by atoms with Gasteiger partial charge in [-0.1, -0.05) is 50.6 Å². The quantitative estimate of drug-likeness (QED) is 0.168. The highest BCUT2D eigenvalue weighted by Gasteiger charge is 2.30. The van der Waals surface area contributed by atoms with Crippen LogP contribution in [0.25, 0.3) is 10.9 Å². The summed E-state index contributed by atoms with van der Waals surface area (Å²) in [5.41, 5.74) is 8.52. The molecule has 3 aromatic rings. The van der Waals surface area contributed by atoms with E-state index in [0.717, 1.165) is 22.0 Å². The second-order valence-corrected chi connectivity index (χ2v) is 10.0. The third kappa shape index (κ3) is 7.82. The van der Waals surface area contributed by atoms with E-state index in [-0.39, 0.29) is 24.5 Å². The van der Waals surface area contributed by atoms with Crippen molar-refractivity contribution in [2.45, 2.75) is 64.2 Å². The first-order valence-electron chi connectivity index (χ1n) is 13.2. The maximum Gasteiger partial charge on any atom is 0.326 e. The molecule has 8 N–H and O–H groups in total. The highest BCUT2D eigenvalue weighted by atomic mass is 16.4. The molecule has 11 nitrogen and oxygen atoms in total. The number of aromatic hydroxyl groups is 1. The smallest absolute Gasteiger partial charge is 0.326 e. The number of amides is 3. The number of para-hydroxylation sites is 1. The van der Waals surface area contributed by atoms with Crippen molar-refractivity contribution in [3.63, 3.8) is 0 Å². The third-order valence-corrected chi connectivity index (χ3v) is 6.99. The number of benzene rings is 2. The number of hydrogen-bond acceptors (Lipinski definition) is 6. The van der Waals surface area contributed by atoms with Gasteiger partial charge in [-0.15, -0.1) is 0 Å². The highest BCUT2D eigenvalue weighted by molar-refractivity contribution is 5.94. The van der Waals surface area contributed by atoms with E-state index in [1.807, 2.05) is 31.2 Å². The first kappa shape index (κ1) is 30.2. The van der Waals surface area contributed by atoms with Crippen LogP contribution in [-0.2, 0) is 32.0 Å². The number of aliphatic carboxylic acids is 1. The van der Waals surface area contributed by atoms with Crippen LogP contribution in [0.1, 0.15) is 38.3 Å². The molecule has 0 saturated carbocycles. The number of H-pyrrole nitrogens is 1. The molecule has 3 rings (SSSR count). The Morgan fingerprint density at radius 2 is 1.57 bits per heavy atom. The lowest BCUT2D eigenvalue weighted by Gasteiger charge is -2.25. The molecule has 5 unspecified atom stereocenters. The van der Waals surface area contributed by atoms with Crippen LogP contribution < -0.4 is 21.7 Å². The fraction of sp³-hybridized carbons (Fsp3) is 0.379. The van der Waals surface area contributed by atoms with Gasteiger partial charge < -0.3 is 36.9 Å². The number of phenolic OH excluding ortho intramolecular Hbond substituents is 1. The Balaban J connectivity index is 1.75. The van der Waals surface area contributed by atoms with Gasteiger partial charge in [-0.05, 0) is 48.6 Å². The molecule has 0 aliphatic heterocycles. The Hall–Kier alpha value is -4.38. The maximum atomic E-state index is 13.4. The van der Waals surface area contributed by atoms with Gasteiger partial charge in [0.15, 0.2) is 0 Å². The molecule has 0 aliphatic rings. The van der Waals surface area contributed by atoms with Gasteiger partial charge >= 0.3 is 5.97 Å². The zero-order valence-electron chi connectivity index (χ0n) is 22.8. The number of rotatable bonds is 13. The van der Waals surface area contributed by atoms with Crippen LogP contribution in [0, 0.1) is 5.92 Å². The van der Waals surface area contributed by atoms with Crippen molar-refractivity contribution in [2.24, 2.45) is 11.7 Å². The van der Waals surface area contributed by atoms with Crippen molar-refractivity contribution >= 4 is 34.6 Å². The number of carbonyl (C=O) groups is 4. The van der Waals surface area contributed by atoms with Crippen LogP contribution in [0.2, 0.25) is 0 Å². The lowest BCUT2D eigenvalue weighted by atomic mass is 9.99. The Kier molecular flexibility index (Phi) is 10.3. The summed E-state index contributed by atoms with van der Waals surface area (Å²) in [6, 6.07) is 9.62. The number of fused-ring (bicyclic) bond motifs is 1. The average molecular weight is 552 g/mol. The number of nitrogens with two attached hydrogens (primary N) is 1. The van der Waals surface area contributed by atoms with Crippen LogP contribution in [0.15, 0.2) is 54.7 Å². The number of phenols is 1. The number of aromatic nitrogens is 1. The molecule has 1 heterocycles. The van der Waals surface area contributed by atoms with Crippen molar-refractivity contribution in [1.29, 1.82) is 0 Å². The van der Waals surface area contributed by atoms with Gasteiger partial charge in [0.05, 0.1) is 6.04 Å². The zero-order valence-corrected chi connectivity index (χ0v) is 22.8. The molecule has 214 valence electrons. The van der Waals surface area contributed by atoms with Gasteiger partial charge in [0.25, 0.3) is 0 Å². The molecule has 0 radical (unpaired) electrons. The van der Waals surface area contributed by atoms with Gasteiger partial charge in [-0.2, -0.15) is 0 Å². The molecule has 2 aromatic carbocycles. The lowest BCUT2D eigenvalue weighted by Crippen LogP contribution is -2.57. The highest BCUT2D eigenvalue weighted by Crippen LogP contribution is 2.19. The number of carbonyl (C=O) groups excluding carboxylic acids is 3. The molecule has 1 aromatic heterocycles. The van der Waals surface area contributed by atoms with Crippen molar-refractivity contribution in [3.8, 4) is 5.75 Å². The van der Waals surface area contributed by atoms with Crippen LogP contribution >= 0.6 is 0 Å². The third-order valence-electron chi connectivity index (χ3n) is 6.99. The van der Waals surface area contributed by atoms with Crippen molar-refractivity contribution in [3.05, 3.63) is 65.9 Å². The predicted molar refractivity (Wildman–Crippen MR) is 150 cm³/mol. The largest absolute Gasteiger partial charge is 0.508 e. The number of carboxylic acids is 1. The van der Waals surface area contributed by atoms with Gasteiger partial charge in [0.1, 0.15) is 23.9 Å². The van der Waals surface area contributed by atoms with E-state index >= 15 is 0 Å². The van der Waals surface area contributed by atoms with Crippen LogP contribution in [0.3, 0.4) is 0 Å². The summed E-state index contributed by atoms with van der Waals surface area (Å²) in [5, 5.41) is 27.7. The molecule has 11 heteroatoms. The average Bonchev–Trinajstić information content (AvgIpc) is 3.34. The van der Waals surface area contributed by atoms with E-state index < -0.39 is 47.9 Å². The summed E-state index contributed by atoms with van der Waals surface area (Å²) in [4.78, 5) is 54.0. The second-order valence-electron chi connectivity index (χ2n) is 10.0. The van der Waals surface area contributed by atoms with E-state index in [2.05, 4.69) is 20.9 Å². The minimum atomic E-state index is -1.16. The number of carboxylic acid groups (broad SMARTS) is 1. The standard InChI is InChI=1S/C29H37N5O6/c1-4-16(2)25(29(39)40)34-26(36)17(3)32-28(38)24(14-19-15-31-23-8-6-5-7-21(19)23)33-27(37)22(30)13-18-9-11-20(35)12-10-18/h5-12,15-17,22,24-25,31,35H,4,13-14,30H2,1-3H3,(H,32,38)(H,33,37)(H,34,36)(H,39,40). The molecule has 0 bridgehead atoms. The molecule has 0 saturated heterocycles. The Labute approximate surface area is 232 Å². The summed E-state index contributed by atoms with van der Waals surface area (Å²) in [6.07, 6.45) is 2.60. The van der Waals surface area contributed by atoms with E-state index in [9.17, 15) is 29.4 Å². The summed E-state index contributed by atoms with van der Waals surface area (Å²) >= 11 is 0. The van der Waals surface area contributed by atoms with Crippen molar-refractivity contribution in [1.82, 2.24) is 20.9 Å². The van der Waals surface area contributed by atoms with E-state index in [1.54, 1.807) is 25.3 Å². The summed E-state index contributed by atoms with van der Waals surface area (Å²) < 4.78 is 0. The van der Waals surface area contributed by atoms with E-state index in [4.69, 9.17) is 5.73 Å². The summed E-state index contributed by atoms with van der Waals surface area (Å²) in [5.74, 6) is -3.21. The topological polar surface area (TPSA) is 187 Å². The minimum absolute atomic E-state index is 0.0919. The van der Waals surface area contributed by atoms with E-state index in [0.29, 0.717) is 6.42 Å². The number of aromatic amines is 1. The molecule has 5 atom stereocenters. The minimum Gasteiger partial charge on any atom is -0.508 e. The summed E-state index contributed by atoms with van der Waals surface area (Å²) in [6.45, 7) is 4.99. The normalized spacial score (nSPS) is 14.9. The van der Waals surface area contributed by atoms with Gasteiger partial charge in [-0.3, -0.25) is 14.4 Å². The molecular weight excluding hydrogens is 514 g/mol. The van der Waals surface area contributed by atoms with Crippen molar-refractivity contribution in [2.75, 3.05) is 0 Å². The second kappa shape index (κ2) is 13.6. The molecule has 40 heavy (non-hydrogen) atoms. The fourth-order valence-corrected chi connectivity index (χ4v) is 4.33. The molecule has 0 aliphatic carbocycles. The molecular formula is C29H37N5O6. The lowest BCUT2D eigenvalue weighted by molar-refractivity contribution is -0.143. The number of hydrogen-bond donors (Lipinski definition) is 7. The Morgan fingerprint density at radius 1 is 0.900 bits per heavy atom. The van der Waals surface area contributed by atoms with Gasteiger partial charge in [0.2, 0.25) is 17.7 Å². The molecule has 0 spiro atoms. The maximum absolute atomic E-state index is 13.4. The van der Waals surface area contributed by atoms with Gasteiger partial charge in [-0.25, -0.2) is 4.79 Å².